The van der Waals surface area contributed by atoms with E-state index in [1.165, 1.54) is 5.56 Å². The van der Waals surface area contributed by atoms with Crippen molar-refractivity contribution in [2.24, 2.45) is 0 Å². The molecule has 0 unspecified atom stereocenters. The van der Waals surface area contributed by atoms with Crippen LogP contribution in [0.4, 0.5) is 0 Å². The molecular formula is C12H18N2. The normalized spacial score (nSPS) is 9.57. The van der Waals surface area contributed by atoms with Crippen molar-refractivity contribution in [1.29, 1.82) is 0 Å². The van der Waals surface area contributed by atoms with E-state index in [0.717, 1.165) is 26.1 Å². The molecule has 1 N–H and O–H groups in total. The highest BCUT2D eigenvalue weighted by molar-refractivity contribution is 5.09. The third-order valence-electron chi connectivity index (χ3n) is 2.11. The van der Waals surface area contributed by atoms with Crippen LogP contribution in [0.5, 0.6) is 0 Å². The van der Waals surface area contributed by atoms with Crippen LogP contribution in [0.1, 0.15) is 25.8 Å². The lowest BCUT2D eigenvalue weighted by atomic mass is 10.3. The van der Waals surface area contributed by atoms with E-state index in [2.05, 4.69) is 47.1 Å². The Balaban J connectivity index is 2.20. The van der Waals surface area contributed by atoms with E-state index in [-0.39, 0.29) is 0 Å². The Morgan fingerprint density at radius 2 is 2.36 bits per heavy atom. The lowest BCUT2D eigenvalue weighted by Crippen LogP contribution is -2.13. The molecule has 14 heavy (non-hydrogen) atoms. The van der Waals surface area contributed by atoms with Gasteiger partial charge in [-0.1, -0.05) is 0 Å². The highest BCUT2D eigenvalue weighted by Gasteiger charge is 1.93. The molecule has 0 aromatic carbocycles. The molecule has 2 heteroatoms. The van der Waals surface area contributed by atoms with Gasteiger partial charge in [-0.15, -0.1) is 11.8 Å². The summed E-state index contributed by atoms with van der Waals surface area (Å²) in [6.07, 6.45) is 5.23. The zero-order chi connectivity index (χ0) is 10.2. The van der Waals surface area contributed by atoms with Crippen molar-refractivity contribution in [3.8, 4) is 11.8 Å². The molecule has 1 aromatic rings. The lowest BCUT2D eigenvalue weighted by Gasteiger charge is -1.99. The monoisotopic (exact) mass is 190 g/mol. The molecule has 0 bridgehead atoms. The van der Waals surface area contributed by atoms with Crippen LogP contribution >= 0.6 is 0 Å². The summed E-state index contributed by atoms with van der Waals surface area (Å²) in [5.74, 6) is 5.92. The molecule has 1 heterocycles. The van der Waals surface area contributed by atoms with Gasteiger partial charge in [-0.3, -0.25) is 0 Å². The molecular weight excluding hydrogens is 172 g/mol. The van der Waals surface area contributed by atoms with Gasteiger partial charge in [0, 0.05) is 38.4 Å². The third-order valence-corrected chi connectivity index (χ3v) is 2.11. The van der Waals surface area contributed by atoms with Gasteiger partial charge in [0.2, 0.25) is 0 Å². The second kappa shape index (κ2) is 6.28. The van der Waals surface area contributed by atoms with E-state index in [9.17, 15) is 0 Å². The summed E-state index contributed by atoms with van der Waals surface area (Å²) in [4.78, 5) is 0. The van der Waals surface area contributed by atoms with Crippen LogP contribution in [0.25, 0.3) is 0 Å². The number of hydrogen-bond acceptors (Lipinski definition) is 1. The topological polar surface area (TPSA) is 17.0 Å². The van der Waals surface area contributed by atoms with Crippen LogP contribution in [0.15, 0.2) is 18.5 Å². The summed E-state index contributed by atoms with van der Waals surface area (Å²) in [5, 5.41) is 3.36. The maximum atomic E-state index is 3.36. The fourth-order valence-electron chi connectivity index (χ4n) is 1.30. The summed E-state index contributed by atoms with van der Waals surface area (Å²) in [6, 6.07) is 2.15. The molecule has 0 spiro atoms. The van der Waals surface area contributed by atoms with Gasteiger partial charge in [0.15, 0.2) is 0 Å². The summed E-state index contributed by atoms with van der Waals surface area (Å²) < 4.78 is 2.18. The molecule has 2 nitrogen and oxygen atoms in total. The molecule has 0 radical (unpaired) electrons. The van der Waals surface area contributed by atoms with E-state index >= 15 is 0 Å². The molecule has 0 atom stereocenters. The van der Waals surface area contributed by atoms with Crippen molar-refractivity contribution < 1.29 is 0 Å². The predicted octanol–water partition coefficient (Wildman–Crippen LogP) is 2.01. The Labute approximate surface area is 86.3 Å². The number of aromatic nitrogens is 1. The molecule has 0 saturated carbocycles. The second-order valence-corrected chi connectivity index (χ2v) is 3.20. The highest BCUT2D eigenvalue weighted by Crippen LogP contribution is 2.00. The van der Waals surface area contributed by atoms with Crippen LogP contribution in [-0.4, -0.2) is 11.1 Å². The van der Waals surface area contributed by atoms with Crippen molar-refractivity contribution in [3.63, 3.8) is 0 Å². The van der Waals surface area contributed by atoms with E-state index in [0.29, 0.717) is 0 Å². The molecule has 0 amide bonds. The molecule has 0 aliphatic heterocycles. The Kier molecular flexibility index (Phi) is 4.88. The highest BCUT2D eigenvalue weighted by atomic mass is 14.9. The van der Waals surface area contributed by atoms with Gasteiger partial charge in [-0.25, -0.2) is 0 Å². The standard InChI is InChI=1S/C12H18N2/c1-3-5-6-8-13-10-12-7-9-14(4-2)11-12/h7,9,11,13H,4,6,8,10H2,1-2H3. The first-order valence-corrected chi connectivity index (χ1v) is 5.11. The maximum Gasteiger partial charge on any atom is 0.0220 e. The minimum atomic E-state index is 0.936. The van der Waals surface area contributed by atoms with E-state index in [4.69, 9.17) is 0 Å². The number of nitrogens with one attached hydrogen (secondary N) is 1. The van der Waals surface area contributed by atoms with Crippen LogP contribution < -0.4 is 5.32 Å². The van der Waals surface area contributed by atoms with Gasteiger partial charge in [0.25, 0.3) is 0 Å². The van der Waals surface area contributed by atoms with E-state index in [1.54, 1.807) is 0 Å². The third kappa shape index (κ3) is 3.68. The first kappa shape index (κ1) is 10.9. The molecule has 0 fully saturated rings. The van der Waals surface area contributed by atoms with E-state index in [1.807, 2.05) is 6.92 Å². The zero-order valence-electron chi connectivity index (χ0n) is 9.01. The SMILES string of the molecule is CC#CCCNCc1ccn(CC)c1. The van der Waals surface area contributed by atoms with Crippen molar-refractivity contribution in [3.05, 3.63) is 24.0 Å². The number of aryl methyl sites for hydroxylation is 1. The van der Waals surface area contributed by atoms with Gasteiger partial charge < -0.3 is 9.88 Å². The zero-order valence-corrected chi connectivity index (χ0v) is 9.01. The van der Waals surface area contributed by atoms with Gasteiger partial charge in [-0.2, -0.15) is 0 Å². The van der Waals surface area contributed by atoms with Crippen molar-refractivity contribution >= 4 is 0 Å². The number of hydrogen-bond donors (Lipinski definition) is 1. The Hall–Kier alpha value is -1.20. The first-order chi connectivity index (χ1) is 6.86. The second-order valence-electron chi connectivity index (χ2n) is 3.20. The Morgan fingerprint density at radius 1 is 1.50 bits per heavy atom. The molecule has 1 aromatic heterocycles. The Bertz CT molecular complexity index is 315. The fraction of sp³-hybridized carbons (Fsp3) is 0.500. The number of rotatable bonds is 5. The van der Waals surface area contributed by atoms with Crippen molar-refractivity contribution in [2.75, 3.05) is 6.54 Å². The fourth-order valence-corrected chi connectivity index (χ4v) is 1.30. The summed E-state index contributed by atoms with van der Waals surface area (Å²) in [6.45, 7) is 6.98. The molecule has 0 saturated heterocycles. The summed E-state index contributed by atoms with van der Waals surface area (Å²) in [7, 11) is 0. The van der Waals surface area contributed by atoms with Gasteiger partial charge in [0.1, 0.15) is 0 Å². The molecule has 0 aliphatic rings. The molecule has 76 valence electrons. The summed E-state index contributed by atoms with van der Waals surface area (Å²) >= 11 is 0. The summed E-state index contributed by atoms with van der Waals surface area (Å²) in [5.41, 5.74) is 1.34. The molecule has 1 rings (SSSR count). The first-order valence-electron chi connectivity index (χ1n) is 5.11. The van der Waals surface area contributed by atoms with Crippen molar-refractivity contribution in [1.82, 2.24) is 9.88 Å². The van der Waals surface area contributed by atoms with Crippen LogP contribution in [-0.2, 0) is 13.1 Å². The minimum absolute atomic E-state index is 0.936. The van der Waals surface area contributed by atoms with Gasteiger partial charge in [0.05, 0.1) is 0 Å². The van der Waals surface area contributed by atoms with Crippen LogP contribution in [0.3, 0.4) is 0 Å². The average molecular weight is 190 g/mol. The maximum absolute atomic E-state index is 3.36. The Morgan fingerprint density at radius 3 is 3.00 bits per heavy atom. The quantitative estimate of drug-likeness (QED) is 0.555. The smallest absolute Gasteiger partial charge is 0.0220 e. The average Bonchev–Trinajstić information content (AvgIpc) is 2.65. The van der Waals surface area contributed by atoms with Gasteiger partial charge in [-0.05, 0) is 25.5 Å². The largest absolute Gasteiger partial charge is 0.354 e. The van der Waals surface area contributed by atoms with E-state index < -0.39 is 0 Å². The number of nitrogens with zero attached hydrogens (tertiary/aromatic N) is 1. The van der Waals surface area contributed by atoms with Crippen molar-refractivity contribution in [2.45, 2.75) is 33.4 Å². The molecule has 0 aliphatic carbocycles. The van der Waals surface area contributed by atoms with Crippen LogP contribution in [0.2, 0.25) is 0 Å². The predicted molar refractivity (Wildman–Crippen MR) is 59.9 cm³/mol. The van der Waals surface area contributed by atoms with Gasteiger partial charge >= 0.3 is 0 Å². The lowest BCUT2D eigenvalue weighted by molar-refractivity contribution is 0.695. The van der Waals surface area contributed by atoms with Crippen LogP contribution in [0, 0.1) is 11.8 Å². The minimum Gasteiger partial charge on any atom is -0.354 e.